The molecule has 2 aliphatic rings. The Kier molecular flexibility index (Phi) is 1.66. The van der Waals surface area contributed by atoms with E-state index in [1.807, 2.05) is 0 Å². The van der Waals surface area contributed by atoms with Gasteiger partial charge in [0.25, 0.3) is 0 Å². The van der Waals surface area contributed by atoms with E-state index in [-0.39, 0.29) is 0 Å². The quantitative estimate of drug-likeness (QED) is 0.515. The largest absolute Gasteiger partial charge is 0.316 e. The fraction of sp³-hybridized carbons (Fsp3) is 1.00. The van der Waals surface area contributed by atoms with Gasteiger partial charge >= 0.3 is 0 Å². The summed E-state index contributed by atoms with van der Waals surface area (Å²) in [6.45, 7) is 4.68. The van der Waals surface area contributed by atoms with Crippen LogP contribution in [-0.4, -0.2) is 26.2 Å². The van der Waals surface area contributed by atoms with Crippen molar-refractivity contribution in [2.24, 2.45) is 5.41 Å². The van der Waals surface area contributed by atoms with Crippen molar-refractivity contribution in [3.8, 4) is 0 Å². The molecule has 2 aliphatic heterocycles. The molecule has 57 valence electrons. The van der Waals surface area contributed by atoms with Crippen molar-refractivity contribution in [1.82, 2.24) is 10.6 Å². The summed E-state index contributed by atoms with van der Waals surface area (Å²) in [4.78, 5) is 0. The minimum Gasteiger partial charge on any atom is -0.316 e. The normalized spacial score (nSPS) is 40.8. The van der Waals surface area contributed by atoms with Gasteiger partial charge < -0.3 is 5.32 Å². The average molecular weight is 139 g/mol. The van der Waals surface area contributed by atoms with E-state index in [2.05, 4.69) is 10.6 Å². The SMILES string of the molecule is C1CNC[C@@]2(C1)CC[N]C2. The Morgan fingerprint density at radius 1 is 1.30 bits per heavy atom. The highest BCUT2D eigenvalue weighted by Crippen LogP contribution is 2.32. The zero-order valence-corrected chi connectivity index (χ0v) is 6.40. The van der Waals surface area contributed by atoms with Crippen LogP contribution in [0.5, 0.6) is 0 Å². The summed E-state index contributed by atoms with van der Waals surface area (Å²) in [5, 5.41) is 7.88. The highest BCUT2D eigenvalue weighted by atomic mass is 15.0. The Hall–Kier alpha value is -0.0800. The van der Waals surface area contributed by atoms with Crippen molar-refractivity contribution in [1.29, 1.82) is 0 Å². The van der Waals surface area contributed by atoms with E-state index in [1.54, 1.807) is 0 Å². The third kappa shape index (κ3) is 1.06. The lowest BCUT2D eigenvalue weighted by Crippen LogP contribution is -2.40. The lowest BCUT2D eigenvalue weighted by molar-refractivity contribution is 0.235. The van der Waals surface area contributed by atoms with Crippen LogP contribution in [0.2, 0.25) is 0 Å². The van der Waals surface area contributed by atoms with Gasteiger partial charge in [0, 0.05) is 19.6 Å². The molecule has 2 nitrogen and oxygen atoms in total. The summed E-state index contributed by atoms with van der Waals surface area (Å²) in [6.07, 6.45) is 4.10. The second-order valence-electron chi connectivity index (χ2n) is 3.64. The molecule has 1 radical (unpaired) electrons. The maximum atomic E-state index is 4.42. The highest BCUT2D eigenvalue weighted by Gasteiger charge is 2.35. The second-order valence-corrected chi connectivity index (χ2v) is 3.64. The molecule has 2 saturated heterocycles. The molecule has 2 heterocycles. The number of nitrogens with zero attached hydrogens (tertiary/aromatic N) is 1. The van der Waals surface area contributed by atoms with E-state index in [0.29, 0.717) is 5.41 Å². The standard InChI is InChI=1S/C8H15N2/c1-2-8(6-9-4-1)3-5-10-7-8/h9H,1-7H2/t8-/m1/s1. The second kappa shape index (κ2) is 2.51. The van der Waals surface area contributed by atoms with Crippen LogP contribution in [0.15, 0.2) is 0 Å². The van der Waals surface area contributed by atoms with Gasteiger partial charge in [0.2, 0.25) is 0 Å². The molecule has 0 saturated carbocycles. The van der Waals surface area contributed by atoms with Gasteiger partial charge in [0.1, 0.15) is 0 Å². The molecule has 0 bridgehead atoms. The van der Waals surface area contributed by atoms with Crippen LogP contribution in [0.4, 0.5) is 0 Å². The number of rotatable bonds is 0. The molecule has 2 fully saturated rings. The predicted octanol–water partition coefficient (Wildman–Crippen LogP) is 0.364. The zero-order chi connectivity index (χ0) is 6.86. The number of hydrogen-bond donors (Lipinski definition) is 1. The van der Waals surface area contributed by atoms with E-state index >= 15 is 0 Å². The van der Waals surface area contributed by atoms with Crippen LogP contribution >= 0.6 is 0 Å². The summed E-state index contributed by atoms with van der Waals surface area (Å²) < 4.78 is 0. The topological polar surface area (TPSA) is 26.1 Å². The van der Waals surface area contributed by atoms with Gasteiger partial charge in [-0.25, -0.2) is 5.32 Å². The van der Waals surface area contributed by atoms with Gasteiger partial charge in [0.15, 0.2) is 0 Å². The van der Waals surface area contributed by atoms with Crippen molar-refractivity contribution in [2.75, 3.05) is 26.2 Å². The van der Waals surface area contributed by atoms with Crippen LogP contribution in [0, 0.1) is 5.41 Å². The molecular formula is C8H15N2. The van der Waals surface area contributed by atoms with Gasteiger partial charge in [0.05, 0.1) is 0 Å². The first-order chi connectivity index (χ1) is 4.91. The molecule has 0 aromatic carbocycles. The maximum absolute atomic E-state index is 4.42. The molecule has 0 aliphatic carbocycles. The van der Waals surface area contributed by atoms with Crippen molar-refractivity contribution in [3.05, 3.63) is 0 Å². The van der Waals surface area contributed by atoms with E-state index in [4.69, 9.17) is 0 Å². The molecule has 2 heteroatoms. The summed E-state index contributed by atoms with van der Waals surface area (Å²) >= 11 is 0. The van der Waals surface area contributed by atoms with Crippen LogP contribution < -0.4 is 10.6 Å². The van der Waals surface area contributed by atoms with Crippen molar-refractivity contribution in [2.45, 2.75) is 19.3 Å². The Balaban J connectivity index is 1.98. The summed E-state index contributed by atoms with van der Waals surface area (Å²) in [5.41, 5.74) is 0.595. The van der Waals surface area contributed by atoms with Crippen LogP contribution in [0.3, 0.4) is 0 Å². The minimum atomic E-state index is 0.595. The first-order valence-electron chi connectivity index (χ1n) is 4.25. The van der Waals surface area contributed by atoms with E-state index in [0.717, 1.165) is 13.1 Å². The fourth-order valence-corrected chi connectivity index (χ4v) is 2.09. The molecule has 0 unspecified atom stereocenters. The van der Waals surface area contributed by atoms with Crippen molar-refractivity contribution < 1.29 is 0 Å². The molecule has 10 heavy (non-hydrogen) atoms. The lowest BCUT2D eigenvalue weighted by atomic mass is 9.80. The number of piperidine rings is 1. The third-order valence-corrected chi connectivity index (χ3v) is 2.81. The van der Waals surface area contributed by atoms with E-state index < -0.39 is 0 Å². The van der Waals surface area contributed by atoms with Gasteiger partial charge in [-0.1, -0.05) is 0 Å². The number of nitrogens with one attached hydrogen (secondary N) is 1. The molecule has 0 aromatic heterocycles. The molecule has 2 rings (SSSR count). The maximum Gasteiger partial charge on any atom is 0.0202 e. The fourth-order valence-electron chi connectivity index (χ4n) is 2.09. The molecule has 1 spiro atoms. The first kappa shape index (κ1) is 6.62. The summed E-state index contributed by atoms with van der Waals surface area (Å²) in [5.74, 6) is 0. The zero-order valence-electron chi connectivity index (χ0n) is 6.40. The van der Waals surface area contributed by atoms with Gasteiger partial charge in [-0.2, -0.15) is 0 Å². The van der Waals surface area contributed by atoms with Crippen LogP contribution in [0.25, 0.3) is 0 Å². The van der Waals surface area contributed by atoms with Gasteiger partial charge in [-0.3, -0.25) is 0 Å². The van der Waals surface area contributed by atoms with Crippen LogP contribution in [0.1, 0.15) is 19.3 Å². The third-order valence-electron chi connectivity index (χ3n) is 2.81. The highest BCUT2D eigenvalue weighted by molar-refractivity contribution is 4.91. The van der Waals surface area contributed by atoms with E-state index in [9.17, 15) is 0 Å². The molecule has 0 amide bonds. The summed E-state index contributed by atoms with van der Waals surface area (Å²) in [6, 6.07) is 0. The van der Waals surface area contributed by atoms with E-state index in [1.165, 1.54) is 32.4 Å². The van der Waals surface area contributed by atoms with Crippen molar-refractivity contribution >= 4 is 0 Å². The van der Waals surface area contributed by atoms with Gasteiger partial charge in [-0.15, -0.1) is 0 Å². The Morgan fingerprint density at radius 3 is 2.90 bits per heavy atom. The monoisotopic (exact) mass is 139 g/mol. The summed E-state index contributed by atoms with van der Waals surface area (Å²) in [7, 11) is 0. The number of hydrogen-bond acceptors (Lipinski definition) is 1. The van der Waals surface area contributed by atoms with Crippen molar-refractivity contribution in [3.63, 3.8) is 0 Å². The molecular weight excluding hydrogens is 124 g/mol. The Morgan fingerprint density at radius 2 is 2.30 bits per heavy atom. The van der Waals surface area contributed by atoms with Crippen LogP contribution in [-0.2, 0) is 0 Å². The first-order valence-corrected chi connectivity index (χ1v) is 4.25. The minimum absolute atomic E-state index is 0.595. The Bertz CT molecular complexity index is 108. The molecule has 0 aromatic rings. The lowest BCUT2D eigenvalue weighted by Gasteiger charge is -2.32. The Labute approximate surface area is 62.4 Å². The molecule has 1 N–H and O–H groups in total. The predicted molar refractivity (Wildman–Crippen MR) is 41.0 cm³/mol. The molecule has 1 atom stereocenters. The van der Waals surface area contributed by atoms with Gasteiger partial charge in [-0.05, 0) is 31.2 Å². The average Bonchev–Trinajstić information content (AvgIpc) is 2.39. The smallest absolute Gasteiger partial charge is 0.0202 e.